The molecule has 0 N–H and O–H groups in total. The first-order valence-corrected chi connectivity index (χ1v) is 7.70. The third-order valence-electron chi connectivity index (χ3n) is 2.75. The monoisotopic (exact) mass is 281 g/mol. The zero-order chi connectivity index (χ0) is 13.0. The van der Waals surface area contributed by atoms with E-state index in [0.29, 0.717) is 0 Å². The maximum atomic E-state index is 8.76. The normalized spacial score (nSPS) is 18.2. The van der Waals surface area contributed by atoms with Crippen molar-refractivity contribution >= 4 is 29.1 Å². The van der Waals surface area contributed by atoms with Crippen LogP contribution >= 0.6 is 23.1 Å². The molecule has 1 aliphatic heterocycles. The molecule has 1 fully saturated rings. The lowest BCUT2D eigenvalue weighted by Gasteiger charge is -2.35. The van der Waals surface area contributed by atoms with E-state index in [1.54, 1.807) is 23.1 Å². The number of aliphatic imine (C=N–C) groups is 1. The summed E-state index contributed by atoms with van der Waals surface area (Å²) in [6, 6.07) is 0. The summed E-state index contributed by atoms with van der Waals surface area (Å²) in [6.07, 6.45) is 6.92. The summed E-state index contributed by atoms with van der Waals surface area (Å²) < 4.78 is 1.08. The van der Waals surface area contributed by atoms with Gasteiger partial charge in [-0.2, -0.15) is 5.26 Å². The summed E-state index contributed by atoms with van der Waals surface area (Å²) in [7, 11) is 1.97. The van der Waals surface area contributed by atoms with Crippen LogP contribution in [0.4, 0.5) is 0 Å². The van der Waals surface area contributed by atoms with Crippen molar-refractivity contribution in [1.82, 2.24) is 14.8 Å². The number of aromatic nitrogens is 1. The minimum atomic E-state index is 0.767. The van der Waals surface area contributed by atoms with Gasteiger partial charge in [-0.15, -0.1) is 16.3 Å². The lowest BCUT2D eigenvalue weighted by atomic mass is 10.3. The Balaban J connectivity index is 2.11. The lowest BCUT2D eigenvalue weighted by molar-refractivity contribution is 0.280. The average Bonchev–Trinajstić information content (AvgIpc) is 2.81. The maximum Gasteiger partial charge on any atom is 0.212 e. The molecule has 0 unspecified atom stereocenters. The zero-order valence-electron chi connectivity index (χ0n) is 10.5. The van der Waals surface area contributed by atoms with E-state index in [2.05, 4.69) is 14.9 Å². The molecule has 0 bridgehead atoms. The molecule has 2 rings (SSSR count). The highest BCUT2D eigenvalue weighted by molar-refractivity contribution is 8.00. The van der Waals surface area contributed by atoms with E-state index in [1.807, 2.05) is 30.6 Å². The Bertz CT molecular complexity index is 476. The molecule has 7 heteroatoms. The fourth-order valence-electron chi connectivity index (χ4n) is 1.94. The van der Waals surface area contributed by atoms with E-state index in [-0.39, 0.29) is 0 Å². The van der Waals surface area contributed by atoms with E-state index in [1.165, 1.54) is 4.88 Å². The molecule has 1 saturated heterocycles. The summed E-state index contributed by atoms with van der Waals surface area (Å²) in [5.41, 5.74) is 0. The van der Waals surface area contributed by atoms with Crippen LogP contribution in [0.25, 0.3) is 0 Å². The Morgan fingerprint density at radius 1 is 1.61 bits per heavy atom. The van der Waals surface area contributed by atoms with Crippen LogP contribution in [-0.4, -0.2) is 47.1 Å². The van der Waals surface area contributed by atoms with Gasteiger partial charge in [0.25, 0.3) is 0 Å². The highest BCUT2D eigenvalue weighted by Crippen LogP contribution is 2.23. The third kappa shape index (κ3) is 2.94. The molecule has 1 aromatic heterocycles. The van der Waals surface area contributed by atoms with Gasteiger partial charge in [0.1, 0.15) is 4.34 Å². The van der Waals surface area contributed by atoms with Gasteiger partial charge in [0.15, 0.2) is 0 Å². The Labute approximate surface area is 115 Å². The fraction of sp³-hybridized carbons (Fsp3) is 0.545. The topological polar surface area (TPSA) is 55.5 Å². The van der Waals surface area contributed by atoms with Crippen molar-refractivity contribution in [2.24, 2.45) is 4.99 Å². The first-order chi connectivity index (χ1) is 8.74. The standard InChI is InChI=1S/C11H15N5S2/c1-15-4-3-5-16(10(15)14-8-12)7-9-6-13-11(17-2)18-9/h6H,3-5,7H2,1-2H3. The number of rotatable bonds is 3. The van der Waals surface area contributed by atoms with Crippen LogP contribution < -0.4 is 0 Å². The van der Waals surface area contributed by atoms with Crippen molar-refractivity contribution < 1.29 is 0 Å². The summed E-state index contributed by atoms with van der Waals surface area (Å²) in [6.45, 7) is 2.68. The summed E-state index contributed by atoms with van der Waals surface area (Å²) in [4.78, 5) is 13.6. The predicted octanol–water partition coefficient (Wildman–Crippen LogP) is 1.84. The molecule has 5 nitrogen and oxygen atoms in total. The number of hydrogen-bond acceptors (Lipinski definition) is 5. The van der Waals surface area contributed by atoms with Gasteiger partial charge in [-0.1, -0.05) is 11.8 Å². The third-order valence-corrected chi connectivity index (χ3v) is 4.73. The summed E-state index contributed by atoms with van der Waals surface area (Å²) in [5, 5.41) is 8.76. The van der Waals surface area contributed by atoms with E-state index >= 15 is 0 Å². The number of thiazole rings is 1. The van der Waals surface area contributed by atoms with E-state index in [0.717, 1.165) is 36.4 Å². The first kappa shape index (κ1) is 13.2. The highest BCUT2D eigenvalue weighted by Gasteiger charge is 2.21. The van der Waals surface area contributed by atoms with Crippen molar-refractivity contribution in [2.45, 2.75) is 17.3 Å². The Kier molecular flexibility index (Phi) is 4.44. The second-order valence-corrected chi connectivity index (χ2v) is 6.17. The van der Waals surface area contributed by atoms with Gasteiger partial charge in [0.2, 0.25) is 12.2 Å². The van der Waals surface area contributed by atoms with Crippen molar-refractivity contribution in [2.75, 3.05) is 26.4 Å². The molecular formula is C11H15N5S2. The van der Waals surface area contributed by atoms with Crippen molar-refractivity contribution in [3.05, 3.63) is 11.1 Å². The average molecular weight is 281 g/mol. The van der Waals surface area contributed by atoms with Gasteiger partial charge < -0.3 is 9.80 Å². The fourth-order valence-corrected chi connectivity index (χ4v) is 3.40. The second kappa shape index (κ2) is 6.07. The van der Waals surface area contributed by atoms with Crippen LogP contribution in [0.2, 0.25) is 0 Å². The van der Waals surface area contributed by atoms with E-state index < -0.39 is 0 Å². The van der Waals surface area contributed by atoms with Gasteiger partial charge in [0, 0.05) is 31.2 Å². The number of hydrogen-bond donors (Lipinski definition) is 0. The van der Waals surface area contributed by atoms with Crippen LogP contribution in [0.5, 0.6) is 0 Å². The molecule has 0 amide bonds. The minimum Gasteiger partial charge on any atom is -0.345 e. The number of nitrogens with zero attached hydrogens (tertiary/aromatic N) is 5. The Morgan fingerprint density at radius 3 is 3.11 bits per heavy atom. The molecule has 96 valence electrons. The second-order valence-electron chi connectivity index (χ2n) is 4.01. The number of guanidine groups is 1. The smallest absolute Gasteiger partial charge is 0.212 e. The maximum absolute atomic E-state index is 8.76. The first-order valence-electron chi connectivity index (χ1n) is 5.66. The van der Waals surface area contributed by atoms with Gasteiger partial charge in [-0.25, -0.2) is 4.98 Å². The Hall–Kier alpha value is -1.26. The van der Waals surface area contributed by atoms with Gasteiger partial charge >= 0.3 is 0 Å². The number of thioether (sulfide) groups is 1. The summed E-state index contributed by atoms with van der Waals surface area (Å²) >= 11 is 3.36. The number of nitriles is 1. The van der Waals surface area contributed by atoms with E-state index in [4.69, 9.17) is 5.26 Å². The molecular weight excluding hydrogens is 266 g/mol. The van der Waals surface area contributed by atoms with Gasteiger partial charge in [0.05, 0.1) is 6.54 Å². The molecule has 1 aromatic rings. The predicted molar refractivity (Wildman–Crippen MR) is 74.6 cm³/mol. The van der Waals surface area contributed by atoms with Crippen LogP contribution in [0.1, 0.15) is 11.3 Å². The molecule has 1 aliphatic rings. The lowest BCUT2D eigenvalue weighted by Crippen LogP contribution is -2.47. The summed E-state index contributed by atoms with van der Waals surface area (Å²) in [5.74, 6) is 0.767. The van der Waals surface area contributed by atoms with Crippen molar-refractivity contribution in [3.8, 4) is 6.19 Å². The Morgan fingerprint density at radius 2 is 2.44 bits per heavy atom. The quantitative estimate of drug-likeness (QED) is 0.625. The van der Waals surface area contributed by atoms with Crippen LogP contribution in [-0.2, 0) is 6.54 Å². The molecule has 2 heterocycles. The molecule has 0 spiro atoms. The van der Waals surface area contributed by atoms with Crippen LogP contribution in [0.15, 0.2) is 15.5 Å². The van der Waals surface area contributed by atoms with Gasteiger partial charge in [-0.3, -0.25) is 0 Å². The van der Waals surface area contributed by atoms with Crippen molar-refractivity contribution in [3.63, 3.8) is 0 Å². The van der Waals surface area contributed by atoms with Gasteiger partial charge in [-0.05, 0) is 12.7 Å². The largest absolute Gasteiger partial charge is 0.345 e. The molecule has 0 aliphatic carbocycles. The van der Waals surface area contributed by atoms with E-state index in [9.17, 15) is 0 Å². The van der Waals surface area contributed by atoms with Crippen molar-refractivity contribution in [1.29, 1.82) is 5.26 Å². The highest BCUT2D eigenvalue weighted by atomic mass is 32.2. The zero-order valence-corrected chi connectivity index (χ0v) is 12.1. The molecule has 0 saturated carbocycles. The van der Waals surface area contributed by atoms with Crippen LogP contribution in [0, 0.1) is 11.5 Å². The SMILES string of the molecule is CSc1ncc(CN2CCCN(C)C2=NC#N)s1. The molecule has 0 radical (unpaired) electrons. The van der Waals surface area contributed by atoms with Crippen LogP contribution in [0.3, 0.4) is 0 Å². The molecule has 18 heavy (non-hydrogen) atoms. The molecule has 0 atom stereocenters. The molecule has 0 aromatic carbocycles. The minimum absolute atomic E-state index is 0.767.